The molecular formula is C19H26N4O4. The van der Waals surface area contributed by atoms with Crippen molar-refractivity contribution in [2.45, 2.75) is 18.4 Å². The van der Waals surface area contributed by atoms with E-state index in [0.717, 1.165) is 52.2 Å². The number of rotatable bonds is 5. The first kappa shape index (κ1) is 18.2. The van der Waals surface area contributed by atoms with Crippen molar-refractivity contribution in [2.24, 2.45) is 0 Å². The van der Waals surface area contributed by atoms with Crippen LogP contribution in [0.5, 0.6) is 0 Å². The lowest BCUT2D eigenvalue weighted by Gasteiger charge is -2.49. The van der Waals surface area contributed by atoms with Crippen molar-refractivity contribution >= 4 is 5.91 Å². The number of nitrogens with one attached hydrogen (secondary N) is 1. The van der Waals surface area contributed by atoms with Gasteiger partial charge in [-0.15, -0.1) is 0 Å². The highest BCUT2D eigenvalue weighted by atomic mass is 16.5. The van der Waals surface area contributed by atoms with Crippen LogP contribution in [0.25, 0.3) is 11.5 Å². The number of piperidine rings is 1. The number of carbonyl (C=O) groups is 1. The number of ether oxygens (including phenoxy) is 1. The first-order valence-electron chi connectivity index (χ1n) is 9.46. The minimum absolute atomic E-state index is 0.0282. The summed E-state index contributed by atoms with van der Waals surface area (Å²) in [5.74, 6) is 0.789. The van der Waals surface area contributed by atoms with Crippen LogP contribution in [0, 0.1) is 0 Å². The van der Waals surface area contributed by atoms with Crippen LogP contribution in [0.3, 0.4) is 0 Å². The van der Waals surface area contributed by atoms with Gasteiger partial charge in [-0.05, 0) is 45.1 Å². The van der Waals surface area contributed by atoms with Gasteiger partial charge in [0.2, 0.25) is 5.76 Å². The Kier molecular flexibility index (Phi) is 5.29. The first-order valence-corrected chi connectivity index (χ1v) is 9.46. The van der Waals surface area contributed by atoms with Gasteiger partial charge in [0, 0.05) is 31.2 Å². The molecule has 8 nitrogen and oxygen atoms in total. The molecule has 0 unspecified atom stereocenters. The van der Waals surface area contributed by atoms with Crippen LogP contribution >= 0.6 is 0 Å². The molecule has 146 valence electrons. The zero-order valence-electron chi connectivity index (χ0n) is 15.6. The highest BCUT2D eigenvalue weighted by Crippen LogP contribution is 2.29. The number of carbonyl (C=O) groups excluding carboxylic acids is 1. The standard InChI is InChI=1S/C19H26N4O4/c1-22-6-4-19(5-7-22,23-8-11-25-12-9-23)14-20-18(24)15-13-17(27-21-15)16-3-2-10-26-16/h2-3,10,13H,4-9,11-12,14H2,1H3,(H,20,24). The summed E-state index contributed by atoms with van der Waals surface area (Å²) in [5.41, 5.74) is 0.242. The second-order valence-corrected chi connectivity index (χ2v) is 7.36. The Bertz CT molecular complexity index is 744. The lowest BCUT2D eigenvalue weighted by atomic mass is 9.85. The maximum absolute atomic E-state index is 12.6. The molecule has 0 aliphatic carbocycles. The highest BCUT2D eigenvalue weighted by molar-refractivity contribution is 5.93. The minimum Gasteiger partial charge on any atom is -0.461 e. The van der Waals surface area contributed by atoms with Gasteiger partial charge in [-0.25, -0.2) is 0 Å². The fourth-order valence-electron chi connectivity index (χ4n) is 3.93. The van der Waals surface area contributed by atoms with E-state index >= 15 is 0 Å². The highest BCUT2D eigenvalue weighted by Gasteiger charge is 2.40. The van der Waals surface area contributed by atoms with Crippen molar-refractivity contribution < 1.29 is 18.5 Å². The third-order valence-electron chi connectivity index (χ3n) is 5.68. The van der Waals surface area contributed by atoms with E-state index in [1.807, 2.05) is 0 Å². The van der Waals surface area contributed by atoms with Gasteiger partial charge in [0.25, 0.3) is 5.91 Å². The Hall–Kier alpha value is -2.16. The van der Waals surface area contributed by atoms with E-state index in [1.54, 1.807) is 24.5 Å². The SMILES string of the molecule is CN1CCC(CNC(=O)c2cc(-c3ccco3)on2)(N2CCOCC2)CC1. The minimum atomic E-state index is -0.219. The summed E-state index contributed by atoms with van der Waals surface area (Å²) in [6.45, 7) is 5.98. The summed E-state index contributed by atoms with van der Waals surface area (Å²) in [6.07, 6.45) is 3.62. The van der Waals surface area contributed by atoms with Gasteiger partial charge in [0.05, 0.1) is 19.5 Å². The zero-order chi connectivity index (χ0) is 18.7. The molecule has 2 aliphatic heterocycles. The van der Waals surface area contributed by atoms with Crippen molar-refractivity contribution in [3.8, 4) is 11.5 Å². The largest absolute Gasteiger partial charge is 0.461 e. The molecule has 0 atom stereocenters. The molecule has 0 bridgehead atoms. The molecule has 1 amide bonds. The van der Waals surface area contributed by atoms with Crippen molar-refractivity contribution in [3.05, 3.63) is 30.2 Å². The average Bonchev–Trinajstić information content (AvgIpc) is 3.40. The van der Waals surface area contributed by atoms with Crippen LogP contribution in [0.2, 0.25) is 0 Å². The van der Waals surface area contributed by atoms with Gasteiger partial charge in [0.1, 0.15) is 0 Å². The van der Waals surface area contributed by atoms with Gasteiger partial charge in [-0.1, -0.05) is 5.16 Å². The summed E-state index contributed by atoms with van der Waals surface area (Å²) in [6, 6.07) is 5.15. The number of likely N-dealkylation sites (tertiary alicyclic amines) is 1. The van der Waals surface area contributed by atoms with Gasteiger partial charge in [-0.3, -0.25) is 9.69 Å². The smallest absolute Gasteiger partial charge is 0.273 e. The van der Waals surface area contributed by atoms with Crippen LogP contribution < -0.4 is 5.32 Å². The Balaban J connectivity index is 1.43. The molecule has 2 aliphatic rings. The fourth-order valence-corrected chi connectivity index (χ4v) is 3.93. The molecule has 1 N–H and O–H groups in total. The van der Waals surface area contributed by atoms with Crippen LogP contribution in [-0.2, 0) is 4.74 Å². The summed E-state index contributed by atoms with van der Waals surface area (Å²) >= 11 is 0. The van der Waals surface area contributed by atoms with Crippen LogP contribution in [-0.4, -0.2) is 79.4 Å². The number of amides is 1. The third-order valence-corrected chi connectivity index (χ3v) is 5.68. The lowest BCUT2D eigenvalue weighted by Crippen LogP contribution is -2.62. The van der Waals surface area contributed by atoms with Gasteiger partial charge < -0.3 is 23.9 Å². The summed E-state index contributed by atoms with van der Waals surface area (Å²) in [4.78, 5) is 17.5. The molecule has 0 saturated carbocycles. The Morgan fingerprint density at radius 2 is 2.00 bits per heavy atom. The predicted octanol–water partition coefficient (Wildman–Crippen LogP) is 1.46. The Labute approximate surface area is 158 Å². The van der Waals surface area contributed by atoms with Gasteiger partial charge >= 0.3 is 0 Å². The monoisotopic (exact) mass is 374 g/mol. The van der Waals surface area contributed by atoms with E-state index in [9.17, 15) is 4.79 Å². The number of aromatic nitrogens is 1. The van der Waals surface area contributed by atoms with E-state index in [1.165, 1.54) is 0 Å². The van der Waals surface area contributed by atoms with Crippen molar-refractivity contribution in [1.29, 1.82) is 0 Å². The van der Waals surface area contributed by atoms with Crippen molar-refractivity contribution in [3.63, 3.8) is 0 Å². The number of furan rings is 1. The molecule has 4 rings (SSSR count). The molecule has 8 heteroatoms. The van der Waals surface area contributed by atoms with E-state index < -0.39 is 0 Å². The van der Waals surface area contributed by atoms with E-state index in [0.29, 0.717) is 18.1 Å². The van der Waals surface area contributed by atoms with Crippen molar-refractivity contribution in [2.75, 3.05) is 53.0 Å². The van der Waals surface area contributed by atoms with Gasteiger partial charge in [-0.2, -0.15) is 0 Å². The zero-order valence-corrected chi connectivity index (χ0v) is 15.6. The molecule has 4 heterocycles. The predicted molar refractivity (Wildman–Crippen MR) is 98.4 cm³/mol. The molecule has 0 aromatic carbocycles. The number of nitrogens with zero attached hydrogens (tertiary/aromatic N) is 3. The second kappa shape index (κ2) is 7.84. The topological polar surface area (TPSA) is 84.0 Å². The Morgan fingerprint density at radius 1 is 1.22 bits per heavy atom. The summed E-state index contributed by atoms with van der Waals surface area (Å²) in [7, 11) is 2.15. The van der Waals surface area contributed by atoms with Crippen LogP contribution in [0.4, 0.5) is 0 Å². The van der Waals surface area contributed by atoms with E-state index in [-0.39, 0.29) is 17.1 Å². The molecule has 2 aromatic rings. The molecule has 0 radical (unpaired) electrons. The summed E-state index contributed by atoms with van der Waals surface area (Å²) in [5, 5.41) is 6.98. The number of hydrogen-bond acceptors (Lipinski definition) is 7. The second-order valence-electron chi connectivity index (χ2n) is 7.36. The van der Waals surface area contributed by atoms with Gasteiger partial charge in [0.15, 0.2) is 11.5 Å². The Morgan fingerprint density at radius 3 is 2.70 bits per heavy atom. The fraction of sp³-hybridized carbons (Fsp3) is 0.579. The number of hydrogen-bond donors (Lipinski definition) is 1. The van der Waals surface area contributed by atoms with Crippen LogP contribution in [0.15, 0.2) is 33.4 Å². The molecular weight excluding hydrogens is 348 g/mol. The third kappa shape index (κ3) is 3.92. The molecule has 2 saturated heterocycles. The maximum atomic E-state index is 12.6. The molecule has 27 heavy (non-hydrogen) atoms. The molecule has 0 spiro atoms. The van der Waals surface area contributed by atoms with Crippen molar-refractivity contribution in [1.82, 2.24) is 20.3 Å². The lowest BCUT2D eigenvalue weighted by molar-refractivity contribution is -0.0439. The average molecular weight is 374 g/mol. The molecule has 2 fully saturated rings. The first-order chi connectivity index (χ1) is 13.2. The molecule has 2 aromatic heterocycles. The number of morpholine rings is 1. The summed E-state index contributed by atoms with van der Waals surface area (Å²) < 4.78 is 16.0. The normalized spacial score (nSPS) is 21.2. The van der Waals surface area contributed by atoms with Crippen LogP contribution in [0.1, 0.15) is 23.3 Å². The maximum Gasteiger partial charge on any atom is 0.273 e. The quantitative estimate of drug-likeness (QED) is 0.848. The van der Waals surface area contributed by atoms with E-state index in [4.69, 9.17) is 13.7 Å². The van der Waals surface area contributed by atoms with E-state index in [2.05, 4.69) is 27.3 Å².